The summed E-state index contributed by atoms with van der Waals surface area (Å²) in [6.07, 6.45) is 25.2. The van der Waals surface area contributed by atoms with Gasteiger partial charge in [0.1, 0.15) is 48.3 Å². The van der Waals surface area contributed by atoms with Gasteiger partial charge in [-0.15, -0.1) is 25.7 Å². The third kappa shape index (κ3) is 28.3. The van der Waals surface area contributed by atoms with Crippen molar-refractivity contribution in [3.8, 4) is 49.4 Å². The minimum Gasteiger partial charge on any atom is -0.345 e. The van der Waals surface area contributed by atoms with Gasteiger partial charge in [-0.05, 0) is 178 Å². The molecular weight excluding hydrogens is 1190 g/mol. The Morgan fingerprint density at radius 1 is 0.380 bits per heavy atom. The highest BCUT2D eigenvalue weighted by Crippen LogP contribution is 2.22. The number of nitrogens with one attached hydrogen (secondary N) is 12. The highest BCUT2D eigenvalue weighted by molar-refractivity contribution is 5.99. The van der Waals surface area contributed by atoms with Crippen molar-refractivity contribution in [3.63, 3.8) is 0 Å². The molecule has 0 aromatic heterocycles. The van der Waals surface area contributed by atoms with Crippen LogP contribution in [0.5, 0.6) is 0 Å². The second kappa shape index (κ2) is 43.5. The van der Waals surface area contributed by atoms with Crippen LogP contribution in [0, 0.1) is 49.4 Å². The van der Waals surface area contributed by atoms with Crippen LogP contribution < -0.4 is 75.3 Å². The van der Waals surface area contributed by atoms with E-state index in [9.17, 15) is 67.1 Å². The van der Waals surface area contributed by atoms with Crippen LogP contribution in [0.3, 0.4) is 0 Å². The molecule has 3 heterocycles. The van der Waals surface area contributed by atoms with Crippen molar-refractivity contribution in [1.82, 2.24) is 73.6 Å². The molecule has 30 nitrogen and oxygen atoms in total. The van der Waals surface area contributed by atoms with Crippen molar-refractivity contribution in [3.05, 3.63) is 0 Å². The summed E-state index contributed by atoms with van der Waals surface area (Å²) in [7, 11) is 0. The zero-order chi connectivity index (χ0) is 67.8. The molecule has 3 aliphatic heterocycles. The Bertz CT molecular complexity index is 2570. The molecule has 3 saturated heterocycles. The first kappa shape index (κ1) is 77.0. The number of hydrogen-bond acceptors (Lipinski definition) is 16. The molecule has 0 unspecified atom stereocenters. The Morgan fingerprint density at radius 3 is 0.924 bits per heavy atom. The van der Waals surface area contributed by atoms with Gasteiger partial charge in [0.2, 0.25) is 59.1 Å². The lowest BCUT2D eigenvalue weighted by atomic mass is 10.0. The number of unbranched alkanes of at least 4 members (excludes halogenated alkanes) is 6. The second-order valence-corrected chi connectivity index (χ2v) is 22.5. The summed E-state index contributed by atoms with van der Waals surface area (Å²) in [4.78, 5) is 193. The van der Waals surface area contributed by atoms with E-state index < -0.39 is 144 Å². The van der Waals surface area contributed by atoms with Gasteiger partial charge in [0, 0.05) is 39.3 Å². The minimum absolute atomic E-state index is 0.00788. The largest absolute Gasteiger partial charge is 0.345 e. The van der Waals surface area contributed by atoms with Crippen LogP contribution in [0.1, 0.15) is 141 Å². The molecule has 14 amide bonds. The van der Waals surface area contributed by atoms with Crippen molar-refractivity contribution in [1.29, 1.82) is 0 Å². The first-order valence-electron chi connectivity index (χ1n) is 31.6. The van der Waals surface area contributed by atoms with E-state index in [1.165, 1.54) is 9.80 Å². The lowest BCUT2D eigenvalue weighted by molar-refractivity contribution is -0.142. The minimum atomic E-state index is -1.35. The number of rotatable bonds is 28. The molecule has 30 heteroatoms. The maximum absolute atomic E-state index is 14.7. The maximum atomic E-state index is 14.7. The van der Waals surface area contributed by atoms with E-state index in [1.807, 2.05) is 23.7 Å². The normalized spacial score (nSPS) is 22.4. The lowest BCUT2D eigenvalue weighted by Gasteiger charge is -2.31. The average molecular weight is 1290 g/mol. The number of carbonyl (C=O) groups excluding carboxylic acids is 14. The van der Waals surface area contributed by atoms with Crippen LogP contribution in [0.2, 0.25) is 0 Å². The predicted molar refractivity (Wildman–Crippen MR) is 336 cm³/mol. The first-order valence-corrected chi connectivity index (χ1v) is 31.6. The summed E-state index contributed by atoms with van der Waals surface area (Å²) in [6.45, 7) is -0.341. The Labute approximate surface area is 537 Å². The third-order valence-electron chi connectivity index (χ3n) is 15.6. The van der Waals surface area contributed by atoms with Gasteiger partial charge in [0.25, 0.3) is 23.6 Å². The quantitative estimate of drug-likeness (QED) is 0.0258. The van der Waals surface area contributed by atoms with E-state index in [0.29, 0.717) is 64.2 Å². The Balaban J connectivity index is 2.15. The molecule has 0 radical (unpaired) electrons. The van der Waals surface area contributed by atoms with Crippen molar-refractivity contribution in [2.45, 2.75) is 190 Å². The van der Waals surface area contributed by atoms with Gasteiger partial charge in [-0.1, -0.05) is 0 Å². The van der Waals surface area contributed by atoms with Crippen molar-refractivity contribution < 1.29 is 67.1 Å². The smallest absolute Gasteiger partial charge is 0.295 e. The number of terminal acetylenes is 4. The SMILES string of the molecule is C#CC(=O)NCCCC[C@@H]1NC(=O)CNC(=O)[C@@H]2CCCN2C(=O)[C@H](CCCCNC(=O)C#C)NC(=O)[C@H](CCCCN)NC(=O)[C@H](CCCCNC(=O)C#C)NC(=O)CNC(=O)[C@@H]2CCCN2C(=O)[C@H](CCCCNC(=O)C#C)NC(=O)[C@H](CCCCN)NC1=O. The molecule has 0 aromatic carbocycles. The van der Waals surface area contributed by atoms with Gasteiger partial charge >= 0.3 is 0 Å². The molecule has 3 rings (SSSR count). The summed E-state index contributed by atoms with van der Waals surface area (Å²) in [5.74, 6) is -2.65. The van der Waals surface area contributed by atoms with Gasteiger partial charge in [-0.2, -0.15) is 0 Å². The predicted octanol–water partition coefficient (Wildman–Crippen LogP) is -4.94. The molecule has 8 atom stereocenters. The Kier molecular flexibility index (Phi) is 36.4. The molecule has 92 heavy (non-hydrogen) atoms. The standard InChI is InChI=1S/C62H92N16O14/c1-5-49(79)65-33-17-11-25-41-55(85)73-43(23-9-15-31-63)57(87)75-45(27-13-19-35-67-51(81)7-3)61(91)78-38-22-30-48(78)60(90)70-40-54(84)72-42(26-12-18-34-66-50(80)6-2)56(86)74-44(24-10-16-32-64)58(88)76-46(28-14-20-36-68-52(82)8-4)62(92)77-37-21-29-47(77)59(89)69-39-53(83)71-41/h1-4,41-48H,9-40,63-64H2,(H,65,79)(H,66,80)(H,67,81)(H,68,82)(H,69,89)(H,70,90)(H,71,83)(H,72,84)(H,73,85)(H,74,86)(H,75,87)(H,76,88)/t41-,42-,43-,44-,45-,46-,47-,48-/m0/s1. The monoisotopic (exact) mass is 1280 g/mol. The number of hydrogen-bond donors (Lipinski definition) is 14. The Morgan fingerprint density at radius 2 is 0.641 bits per heavy atom. The highest BCUT2D eigenvalue weighted by Gasteiger charge is 2.41. The molecule has 3 fully saturated rings. The molecule has 0 spiro atoms. The van der Waals surface area contributed by atoms with Crippen molar-refractivity contribution in [2.75, 3.05) is 65.4 Å². The average Bonchev–Trinajstić information content (AvgIpc) is 2.05. The molecule has 0 saturated carbocycles. The van der Waals surface area contributed by atoms with Crippen LogP contribution in [0.25, 0.3) is 0 Å². The lowest BCUT2D eigenvalue weighted by Crippen LogP contribution is -2.59. The van der Waals surface area contributed by atoms with E-state index in [4.69, 9.17) is 37.2 Å². The number of nitrogens with two attached hydrogens (primary N) is 2. The summed E-state index contributed by atoms with van der Waals surface area (Å²) in [6, 6.07) is -10.3. The summed E-state index contributed by atoms with van der Waals surface area (Å²) in [5, 5.41) is 31.5. The van der Waals surface area contributed by atoms with Gasteiger partial charge in [-0.3, -0.25) is 67.1 Å². The zero-order valence-corrected chi connectivity index (χ0v) is 52.3. The van der Waals surface area contributed by atoms with E-state index >= 15 is 0 Å². The molecule has 0 aromatic rings. The van der Waals surface area contributed by atoms with Gasteiger partial charge < -0.3 is 85.1 Å². The van der Waals surface area contributed by atoms with Crippen LogP contribution in [0.15, 0.2) is 0 Å². The highest BCUT2D eigenvalue weighted by atomic mass is 16.2. The summed E-state index contributed by atoms with van der Waals surface area (Å²) < 4.78 is 0. The molecule has 0 bridgehead atoms. The third-order valence-corrected chi connectivity index (χ3v) is 15.6. The second-order valence-electron chi connectivity index (χ2n) is 22.5. The number of nitrogens with zero attached hydrogens (tertiary/aromatic N) is 2. The van der Waals surface area contributed by atoms with E-state index in [1.54, 1.807) is 0 Å². The van der Waals surface area contributed by atoms with Crippen LogP contribution in [-0.2, 0) is 67.1 Å². The summed E-state index contributed by atoms with van der Waals surface area (Å²) in [5.41, 5.74) is 11.6. The molecule has 3 aliphatic rings. The first-order chi connectivity index (χ1) is 44.2. The molecule has 16 N–H and O–H groups in total. The van der Waals surface area contributed by atoms with Crippen LogP contribution >= 0.6 is 0 Å². The zero-order valence-electron chi connectivity index (χ0n) is 52.3. The molecule has 504 valence electrons. The topological polar surface area (TPSA) is 442 Å². The number of carbonyl (C=O) groups is 14. The van der Waals surface area contributed by atoms with Crippen LogP contribution in [0.4, 0.5) is 0 Å². The number of amides is 14. The fourth-order valence-corrected chi connectivity index (χ4v) is 10.6. The van der Waals surface area contributed by atoms with Gasteiger partial charge in [-0.25, -0.2) is 0 Å². The molecule has 0 aliphatic carbocycles. The van der Waals surface area contributed by atoms with Crippen LogP contribution in [-0.4, -0.2) is 206 Å². The fourth-order valence-electron chi connectivity index (χ4n) is 10.6. The van der Waals surface area contributed by atoms with E-state index in [-0.39, 0.29) is 129 Å². The van der Waals surface area contributed by atoms with E-state index in [0.717, 1.165) is 0 Å². The molecular formula is C62H92N16O14. The van der Waals surface area contributed by atoms with E-state index in [2.05, 4.69) is 63.8 Å². The maximum Gasteiger partial charge on any atom is 0.295 e. The Hall–Kier alpha value is -9.26. The summed E-state index contributed by atoms with van der Waals surface area (Å²) >= 11 is 0. The number of fused-ring (bicyclic) bond motifs is 2. The van der Waals surface area contributed by atoms with Gasteiger partial charge in [0.15, 0.2) is 0 Å². The fraction of sp³-hybridized carbons (Fsp3) is 0.645. The van der Waals surface area contributed by atoms with Crippen molar-refractivity contribution in [2.24, 2.45) is 11.5 Å². The van der Waals surface area contributed by atoms with Crippen molar-refractivity contribution >= 4 is 82.7 Å². The van der Waals surface area contributed by atoms with Gasteiger partial charge in [0.05, 0.1) is 13.1 Å².